The van der Waals surface area contributed by atoms with E-state index in [4.69, 9.17) is 11.6 Å². The minimum absolute atomic E-state index is 0.0581. The van der Waals surface area contributed by atoms with E-state index in [-0.39, 0.29) is 15.5 Å². The molecule has 0 aliphatic carbocycles. The molecule has 2 rings (SSSR count). The molecule has 0 saturated heterocycles. The molecule has 7 heteroatoms. The van der Waals surface area contributed by atoms with Gasteiger partial charge in [0.25, 0.3) is 5.91 Å². The monoisotopic (exact) mass is 366 g/mol. The maximum Gasteiger partial charge on any atom is 0.255 e. The summed E-state index contributed by atoms with van der Waals surface area (Å²) in [6.07, 6.45) is 0. The Morgan fingerprint density at radius 1 is 1.12 bits per heavy atom. The van der Waals surface area contributed by atoms with Gasteiger partial charge in [0.2, 0.25) is 10.0 Å². The summed E-state index contributed by atoms with van der Waals surface area (Å²) in [5, 5.41) is 2.83. The van der Waals surface area contributed by atoms with Crippen molar-refractivity contribution < 1.29 is 13.2 Å². The lowest BCUT2D eigenvalue weighted by molar-refractivity contribution is 0.102. The van der Waals surface area contributed by atoms with Gasteiger partial charge < -0.3 is 5.32 Å². The summed E-state index contributed by atoms with van der Waals surface area (Å²) >= 11 is 5.93. The molecule has 0 spiro atoms. The summed E-state index contributed by atoms with van der Waals surface area (Å²) < 4.78 is 26.1. The molecule has 1 amide bonds. The second-order valence-corrected chi connectivity index (χ2v) is 7.85. The normalized spacial score (nSPS) is 11.5. The zero-order valence-electron chi connectivity index (χ0n) is 13.6. The Morgan fingerprint density at radius 3 is 2.46 bits per heavy atom. The molecule has 0 bridgehead atoms. The van der Waals surface area contributed by atoms with Crippen molar-refractivity contribution in [2.75, 3.05) is 12.4 Å². The van der Waals surface area contributed by atoms with Crippen LogP contribution in [-0.4, -0.2) is 21.4 Å². The largest absolute Gasteiger partial charge is 0.322 e. The summed E-state index contributed by atoms with van der Waals surface area (Å²) in [4.78, 5) is 12.3. The number of anilines is 1. The number of hydrogen-bond donors (Lipinski definition) is 2. The van der Waals surface area contributed by atoms with E-state index >= 15 is 0 Å². The van der Waals surface area contributed by atoms with Crippen LogP contribution in [0.15, 0.2) is 47.4 Å². The van der Waals surface area contributed by atoms with Crippen LogP contribution in [-0.2, 0) is 10.0 Å². The SMILES string of the molecule is CNS(=O)(=O)c1cc(C(=O)Nc2cccc(C(C)C)c2)ccc1Cl. The number of carbonyl (C=O) groups is 1. The van der Waals surface area contributed by atoms with Crippen molar-refractivity contribution in [1.82, 2.24) is 4.72 Å². The zero-order valence-corrected chi connectivity index (χ0v) is 15.2. The van der Waals surface area contributed by atoms with E-state index < -0.39 is 15.9 Å². The Bertz CT molecular complexity index is 864. The molecule has 0 radical (unpaired) electrons. The topological polar surface area (TPSA) is 75.3 Å². The van der Waals surface area contributed by atoms with Crippen LogP contribution in [0.4, 0.5) is 5.69 Å². The summed E-state index contributed by atoms with van der Waals surface area (Å²) in [6.45, 7) is 4.13. The summed E-state index contributed by atoms with van der Waals surface area (Å²) in [5.74, 6) is -0.0649. The molecular formula is C17H19ClN2O3S. The quantitative estimate of drug-likeness (QED) is 0.848. The van der Waals surface area contributed by atoms with E-state index in [9.17, 15) is 13.2 Å². The Morgan fingerprint density at radius 2 is 1.83 bits per heavy atom. The van der Waals surface area contributed by atoms with Gasteiger partial charge in [0.05, 0.1) is 5.02 Å². The molecule has 0 aliphatic rings. The predicted molar refractivity (Wildman–Crippen MR) is 96.2 cm³/mol. The minimum Gasteiger partial charge on any atom is -0.322 e. The first kappa shape index (κ1) is 18.4. The number of sulfonamides is 1. The lowest BCUT2D eigenvalue weighted by Crippen LogP contribution is -2.20. The molecule has 0 aromatic heterocycles. The Balaban J connectivity index is 2.31. The molecule has 0 atom stereocenters. The number of rotatable bonds is 5. The average Bonchev–Trinajstić information content (AvgIpc) is 2.55. The number of amides is 1. The van der Waals surface area contributed by atoms with E-state index in [0.717, 1.165) is 5.56 Å². The van der Waals surface area contributed by atoms with Crippen molar-refractivity contribution in [2.45, 2.75) is 24.7 Å². The van der Waals surface area contributed by atoms with Crippen LogP contribution in [0.2, 0.25) is 5.02 Å². The molecule has 128 valence electrons. The first-order valence-corrected chi connectivity index (χ1v) is 9.25. The van der Waals surface area contributed by atoms with Gasteiger partial charge in [0.15, 0.2) is 0 Å². The zero-order chi connectivity index (χ0) is 17.9. The standard InChI is InChI=1S/C17H19ClN2O3S/c1-11(2)12-5-4-6-14(9-12)20-17(21)13-7-8-15(18)16(10-13)24(22,23)19-3/h4-11,19H,1-3H3,(H,20,21). The third-order valence-corrected chi connectivity index (χ3v) is 5.46. The maximum absolute atomic E-state index is 12.4. The third-order valence-electron chi connectivity index (χ3n) is 3.56. The van der Waals surface area contributed by atoms with Gasteiger partial charge in [0.1, 0.15) is 4.90 Å². The van der Waals surface area contributed by atoms with Crippen LogP contribution in [0.5, 0.6) is 0 Å². The molecule has 0 aliphatic heterocycles. The maximum atomic E-state index is 12.4. The van der Waals surface area contributed by atoms with Crippen molar-refractivity contribution >= 4 is 33.2 Å². The van der Waals surface area contributed by atoms with Gasteiger partial charge in [-0.1, -0.05) is 37.6 Å². The van der Waals surface area contributed by atoms with Crippen molar-refractivity contribution in [3.63, 3.8) is 0 Å². The lowest BCUT2D eigenvalue weighted by Gasteiger charge is -2.11. The van der Waals surface area contributed by atoms with Gasteiger partial charge in [-0.15, -0.1) is 0 Å². The Kier molecular flexibility index (Phi) is 5.64. The molecule has 2 aromatic rings. The van der Waals surface area contributed by atoms with Crippen molar-refractivity contribution in [1.29, 1.82) is 0 Å². The van der Waals surface area contributed by atoms with E-state index in [1.165, 1.54) is 25.2 Å². The fraction of sp³-hybridized carbons (Fsp3) is 0.235. The van der Waals surface area contributed by atoms with Crippen LogP contribution >= 0.6 is 11.6 Å². The van der Waals surface area contributed by atoms with Gasteiger partial charge in [0, 0.05) is 11.3 Å². The molecule has 5 nitrogen and oxygen atoms in total. The second-order valence-electron chi connectivity index (χ2n) is 5.59. The Labute approximate surface area is 147 Å². The van der Waals surface area contributed by atoms with Gasteiger partial charge in [-0.2, -0.15) is 0 Å². The lowest BCUT2D eigenvalue weighted by atomic mass is 10.0. The minimum atomic E-state index is -3.74. The fourth-order valence-electron chi connectivity index (χ4n) is 2.14. The number of hydrogen-bond acceptors (Lipinski definition) is 3. The molecule has 24 heavy (non-hydrogen) atoms. The highest BCUT2D eigenvalue weighted by Crippen LogP contribution is 2.24. The molecule has 2 N–H and O–H groups in total. The summed E-state index contributed by atoms with van der Waals surface area (Å²) in [6, 6.07) is 11.7. The van der Waals surface area contributed by atoms with Crippen LogP contribution < -0.4 is 10.0 Å². The van der Waals surface area contributed by atoms with E-state index in [2.05, 4.69) is 23.9 Å². The van der Waals surface area contributed by atoms with Gasteiger partial charge in [-0.25, -0.2) is 13.1 Å². The first-order valence-electron chi connectivity index (χ1n) is 7.39. The molecule has 0 unspecified atom stereocenters. The number of carbonyl (C=O) groups excluding carboxylic acids is 1. The highest BCUT2D eigenvalue weighted by atomic mass is 35.5. The summed E-state index contributed by atoms with van der Waals surface area (Å²) in [7, 11) is -2.45. The number of halogens is 1. The smallest absolute Gasteiger partial charge is 0.255 e. The van der Waals surface area contributed by atoms with Crippen LogP contribution in [0.1, 0.15) is 35.7 Å². The molecular weight excluding hydrogens is 348 g/mol. The van der Waals surface area contributed by atoms with E-state index in [0.29, 0.717) is 11.6 Å². The average molecular weight is 367 g/mol. The van der Waals surface area contributed by atoms with Crippen LogP contribution in [0.3, 0.4) is 0 Å². The first-order chi connectivity index (χ1) is 11.2. The molecule has 0 saturated carbocycles. The summed E-state index contributed by atoms with van der Waals surface area (Å²) in [5.41, 5.74) is 1.96. The van der Waals surface area contributed by atoms with Crippen molar-refractivity contribution in [2.24, 2.45) is 0 Å². The number of benzene rings is 2. The van der Waals surface area contributed by atoms with Gasteiger partial charge in [-0.05, 0) is 48.9 Å². The van der Waals surface area contributed by atoms with Gasteiger partial charge >= 0.3 is 0 Å². The predicted octanol–water partition coefficient (Wildman–Crippen LogP) is 3.62. The highest BCUT2D eigenvalue weighted by Gasteiger charge is 2.18. The number of nitrogens with one attached hydrogen (secondary N) is 2. The van der Waals surface area contributed by atoms with Crippen molar-refractivity contribution in [3.8, 4) is 0 Å². The van der Waals surface area contributed by atoms with Crippen LogP contribution in [0, 0.1) is 0 Å². The van der Waals surface area contributed by atoms with Crippen LogP contribution in [0.25, 0.3) is 0 Å². The Hall–Kier alpha value is -1.89. The van der Waals surface area contributed by atoms with E-state index in [1.54, 1.807) is 6.07 Å². The van der Waals surface area contributed by atoms with Crippen molar-refractivity contribution in [3.05, 3.63) is 58.6 Å². The van der Waals surface area contributed by atoms with E-state index in [1.807, 2.05) is 18.2 Å². The highest BCUT2D eigenvalue weighted by molar-refractivity contribution is 7.89. The fourth-order valence-corrected chi connectivity index (χ4v) is 3.39. The second kappa shape index (κ2) is 7.34. The molecule has 0 heterocycles. The van der Waals surface area contributed by atoms with Gasteiger partial charge in [-0.3, -0.25) is 4.79 Å². The third kappa shape index (κ3) is 4.14. The molecule has 0 fully saturated rings. The molecule has 2 aromatic carbocycles.